The van der Waals surface area contributed by atoms with E-state index >= 15 is 0 Å². The molecule has 1 aliphatic heterocycles. The molecular formula is C30H25F2N3O3. The SMILES string of the molecule is O=C(C(O)c1cccc(-c2ccc(F)cc2F)c1)N1CCc2nc(C3(c4ccccc4)CC3)[nH]c(=O)c2C1. The third kappa shape index (κ3) is 4.20. The topological polar surface area (TPSA) is 86.3 Å². The highest BCUT2D eigenvalue weighted by atomic mass is 19.1. The molecule has 1 unspecified atom stereocenters. The number of halogens is 2. The van der Waals surface area contributed by atoms with E-state index in [4.69, 9.17) is 4.98 Å². The molecule has 2 N–H and O–H groups in total. The molecule has 2 heterocycles. The standard InChI is InChI=1S/C30H25F2N3O3/c31-21-9-10-22(24(32)16-21)18-5-4-6-19(15-18)26(36)28(38)35-14-11-25-23(17-35)27(37)34-29(33-25)30(12-13-30)20-7-2-1-3-8-20/h1-10,15-16,26,36H,11-14,17H2,(H,33,34,37). The maximum atomic E-state index is 14.3. The minimum absolute atomic E-state index is 0.0401. The zero-order valence-electron chi connectivity index (χ0n) is 20.5. The van der Waals surface area contributed by atoms with Crippen LogP contribution < -0.4 is 5.56 Å². The van der Waals surface area contributed by atoms with Crippen LogP contribution in [0.4, 0.5) is 8.78 Å². The molecule has 0 saturated heterocycles. The van der Waals surface area contributed by atoms with Gasteiger partial charge in [-0.15, -0.1) is 0 Å². The van der Waals surface area contributed by atoms with Gasteiger partial charge in [-0.25, -0.2) is 13.8 Å². The van der Waals surface area contributed by atoms with Crippen LogP contribution in [0.15, 0.2) is 77.6 Å². The quantitative estimate of drug-likeness (QED) is 0.414. The van der Waals surface area contributed by atoms with Crippen LogP contribution >= 0.6 is 0 Å². The van der Waals surface area contributed by atoms with E-state index in [-0.39, 0.29) is 28.6 Å². The lowest BCUT2D eigenvalue weighted by molar-refractivity contribution is -0.141. The molecule has 6 rings (SSSR count). The van der Waals surface area contributed by atoms with Gasteiger partial charge in [0.15, 0.2) is 6.10 Å². The number of benzene rings is 3. The Labute approximate surface area is 217 Å². The summed E-state index contributed by atoms with van der Waals surface area (Å²) in [5.41, 5.74) is 2.55. The summed E-state index contributed by atoms with van der Waals surface area (Å²) >= 11 is 0. The van der Waals surface area contributed by atoms with Gasteiger partial charge in [-0.3, -0.25) is 9.59 Å². The molecule has 2 aliphatic rings. The van der Waals surface area contributed by atoms with Gasteiger partial charge >= 0.3 is 0 Å². The second-order valence-corrected chi connectivity index (χ2v) is 9.95. The van der Waals surface area contributed by atoms with Crippen molar-refractivity contribution in [1.29, 1.82) is 0 Å². The average Bonchev–Trinajstić information content (AvgIpc) is 3.75. The van der Waals surface area contributed by atoms with Gasteiger partial charge in [-0.2, -0.15) is 0 Å². The second-order valence-electron chi connectivity index (χ2n) is 9.95. The molecule has 192 valence electrons. The maximum Gasteiger partial charge on any atom is 0.256 e. The summed E-state index contributed by atoms with van der Waals surface area (Å²) in [6, 6.07) is 19.6. The van der Waals surface area contributed by atoms with Gasteiger partial charge in [0, 0.05) is 24.6 Å². The van der Waals surface area contributed by atoms with Gasteiger partial charge in [0.2, 0.25) is 0 Å². The number of aliphatic hydroxyl groups excluding tert-OH is 1. The number of fused-ring (bicyclic) bond motifs is 1. The lowest BCUT2D eigenvalue weighted by Crippen LogP contribution is -2.42. The van der Waals surface area contributed by atoms with Crippen molar-refractivity contribution in [3.63, 3.8) is 0 Å². The van der Waals surface area contributed by atoms with E-state index in [2.05, 4.69) is 4.98 Å². The molecule has 1 aromatic heterocycles. The second kappa shape index (κ2) is 9.29. The van der Waals surface area contributed by atoms with Gasteiger partial charge in [0.05, 0.1) is 23.2 Å². The summed E-state index contributed by atoms with van der Waals surface area (Å²) in [6.07, 6.45) is 0.725. The van der Waals surface area contributed by atoms with E-state index in [1.807, 2.05) is 30.3 Å². The van der Waals surface area contributed by atoms with Crippen molar-refractivity contribution in [2.24, 2.45) is 0 Å². The smallest absolute Gasteiger partial charge is 0.256 e. The highest BCUT2D eigenvalue weighted by Gasteiger charge is 2.48. The molecule has 8 heteroatoms. The van der Waals surface area contributed by atoms with E-state index in [0.29, 0.717) is 35.6 Å². The molecule has 1 fully saturated rings. The van der Waals surface area contributed by atoms with E-state index in [1.165, 1.54) is 17.0 Å². The molecule has 1 amide bonds. The molecule has 4 aromatic rings. The van der Waals surface area contributed by atoms with Gasteiger partial charge in [0.25, 0.3) is 11.5 Å². The predicted octanol–water partition coefficient (Wildman–Crippen LogP) is 4.41. The Morgan fingerprint density at radius 2 is 1.82 bits per heavy atom. The van der Waals surface area contributed by atoms with Crippen LogP contribution in [0.25, 0.3) is 11.1 Å². The van der Waals surface area contributed by atoms with E-state index < -0.39 is 23.6 Å². The first kappa shape index (κ1) is 24.2. The number of aromatic nitrogens is 2. The molecule has 1 atom stereocenters. The first-order chi connectivity index (χ1) is 18.4. The minimum atomic E-state index is -1.50. The van der Waals surface area contributed by atoms with Crippen molar-refractivity contribution in [2.75, 3.05) is 6.54 Å². The van der Waals surface area contributed by atoms with E-state index in [9.17, 15) is 23.5 Å². The molecule has 6 nitrogen and oxygen atoms in total. The van der Waals surface area contributed by atoms with Gasteiger partial charge in [-0.1, -0.05) is 48.5 Å². The molecule has 38 heavy (non-hydrogen) atoms. The van der Waals surface area contributed by atoms with Crippen LogP contribution in [0.1, 0.15) is 47.2 Å². The summed E-state index contributed by atoms with van der Waals surface area (Å²) in [5, 5.41) is 10.9. The zero-order valence-corrected chi connectivity index (χ0v) is 20.5. The van der Waals surface area contributed by atoms with E-state index in [1.54, 1.807) is 18.2 Å². The number of hydrogen-bond acceptors (Lipinski definition) is 4. The van der Waals surface area contributed by atoms with Crippen LogP contribution in [-0.2, 0) is 23.2 Å². The van der Waals surface area contributed by atoms with Crippen LogP contribution in [0.3, 0.4) is 0 Å². The number of rotatable bonds is 5. The van der Waals surface area contributed by atoms with Crippen LogP contribution in [0.5, 0.6) is 0 Å². The first-order valence-electron chi connectivity index (χ1n) is 12.6. The summed E-state index contributed by atoms with van der Waals surface area (Å²) in [4.78, 5) is 35.5. The molecule has 0 radical (unpaired) electrons. The first-order valence-corrected chi connectivity index (χ1v) is 12.6. The summed E-state index contributed by atoms with van der Waals surface area (Å²) in [5.74, 6) is -1.31. The third-order valence-corrected chi connectivity index (χ3v) is 7.59. The highest BCUT2D eigenvalue weighted by Crippen LogP contribution is 2.52. The monoisotopic (exact) mass is 513 g/mol. The normalized spacial score (nSPS) is 16.6. The Morgan fingerprint density at radius 3 is 2.55 bits per heavy atom. The number of aliphatic hydroxyl groups is 1. The number of carbonyl (C=O) groups excluding carboxylic acids is 1. The largest absolute Gasteiger partial charge is 0.378 e. The van der Waals surface area contributed by atoms with Crippen molar-refractivity contribution in [1.82, 2.24) is 14.9 Å². The Morgan fingerprint density at radius 1 is 1.03 bits per heavy atom. The molecular weight excluding hydrogens is 488 g/mol. The fourth-order valence-corrected chi connectivity index (χ4v) is 5.30. The number of carbonyl (C=O) groups is 1. The minimum Gasteiger partial charge on any atom is -0.378 e. The average molecular weight is 514 g/mol. The van der Waals surface area contributed by atoms with Gasteiger partial charge in [-0.05, 0) is 47.7 Å². The molecule has 1 aliphatic carbocycles. The van der Waals surface area contributed by atoms with Crippen molar-refractivity contribution in [3.05, 3.63) is 123 Å². The fourth-order valence-electron chi connectivity index (χ4n) is 5.30. The highest BCUT2D eigenvalue weighted by molar-refractivity contribution is 5.83. The van der Waals surface area contributed by atoms with Gasteiger partial charge < -0.3 is 15.0 Å². The van der Waals surface area contributed by atoms with Crippen LogP contribution in [-0.4, -0.2) is 32.4 Å². The number of nitrogens with zero attached hydrogens (tertiary/aromatic N) is 2. The lowest BCUT2D eigenvalue weighted by Gasteiger charge is -2.30. The Kier molecular flexibility index (Phi) is 5.91. The van der Waals surface area contributed by atoms with Crippen molar-refractivity contribution < 1.29 is 18.7 Å². The molecule has 3 aromatic carbocycles. The van der Waals surface area contributed by atoms with Gasteiger partial charge in [0.1, 0.15) is 17.5 Å². The summed E-state index contributed by atoms with van der Waals surface area (Å²) in [6.45, 7) is 0.349. The fraction of sp³-hybridized carbons (Fsp3) is 0.233. The maximum absolute atomic E-state index is 14.3. The number of aromatic amines is 1. The molecule has 0 spiro atoms. The summed E-state index contributed by atoms with van der Waals surface area (Å²) < 4.78 is 27.6. The molecule has 1 saturated carbocycles. The number of hydrogen-bond donors (Lipinski definition) is 2. The zero-order chi connectivity index (χ0) is 26.4. The van der Waals surface area contributed by atoms with Crippen molar-refractivity contribution >= 4 is 5.91 Å². The Bertz CT molecular complexity index is 1600. The van der Waals surface area contributed by atoms with E-state index in [0.717, 1.165) is 30.5 Å². The van der Waals surface area contributed by atoms with Crippen molar-refractivity contribution in [3.8, 4) is 11.1 Å². The Balaban J connectivity index is 1.23. The predicted molar refractivity (Wildman–Crippen MR) is 137 cm³/mol. The summed E-state index contributed by atoms with van der Waals surface area (Å²) in [7, 11) is 0. The third-order valence-electron chi connectivity index (χ3n) is 7.59. The number of amides is 1. The van der Waals surface area contributed by atoms with Crippen LogP contribution in [0.2, 0.25) is 0 Å². The molecule has 0 bridgehead atoms. The Hall–Kier alpha value is -4.17. The lowest BCUT2D eigenvalue weighted by atomic mass is 9.94. The van der Waals surface area contributed by atoms with Crippen molar-refractivity contribution in [2.45, 2.75) is 37.3 Å². The van der Waals surface area contributed by atoms with Crippen LogP contribution in [0, 0.1) is 11.6 Å². The number of nitrogens with one attached hydrogen (secondary N) is 1. The number of H-pyrrole nitrogens is 1.